The Hall–Kier alpha value is -2.31. The van der Waals surface area contributed by atoms with E-state index in [0.29, 0.717) is 51.0 Å². The van der Waals surface area contributed by atoms with Gasteiger partial charge < -0.3 is 34.3 Å². The van der Waals surface area contributed by atoms with Crippen LogP contribution in [0.1, 0.15) is 49.8 Å². The molecule has 4 rings (SSSR count). The summed E-state index contributed by atoms with van der Waals surface area (Å²) in [5.74, 6) is 0.598. The molecule has 46 heavy (non-hydrogen) atoms. The van der Waals surface area contributed by atoms with Crippen LogP contribution in [0.5, 0.6) is 5.75 Å². The number of allylic oxidation sites excluding steroid dienone is 2. The molecule has 0 bridgehead atoms. The molecule has 0 unspecified atom stereocenters. The molecule has 2 aliphatic rings. The number of aryl methyl sites for hydroxylation is 1. The number of aliphatic hydroxyl groups excluding tert-OH is 1. The Balaban J connectivity index is 0.00000121. The lowest BCUT2D eigenvalue weighted by Crippen LogP contribution is -2.21. The number of nitrogens with one attached hydrogen (secondary N) is 1. The fraction of sp³-hybridized carbons (Fsp3) is 0.472. The average Bonchev–Trinajstić information content (AvgIpc) is 3.70. The molecule has 2 aromatic carbocycles. The monoisotopic (exact) mass is 766 g/mol. The minimum Gasteiger partial charge on any atom is -0.489 e. The van der Waals surface area contributed by atoms with Crippen LogP contribution in [0.2, 0.25) is 0 Å². The van der Waals surface area contributed by atoms with Crippen molar-refractivity contribution in [2.24, 2.45) is 0 Å². The van der Waals surface area contributed by atoms with Crippen molar-refractivity contribution in [3.05, 3.63) is 81.3 Å². The Bertz CT molecular complexity index is 1190. The zero-order valence-corrected chi connectivity index (χ0v) is 31.1. The predicted molar refractivity (Wildman–Crippen MR) is 198 cm³/mol. The third kappa shape index (κ3) is 15.5. The Labute approximate surface area is 293 Å². The molecule has 0 aliphatic carbocycles. The number of rotatable bonds is 16. The maximum Gasteiger partial charge on any atom is 0.256 e. The number of aliphatic hydroxyl groups is 1. The largest absolute Gasteiger partial charge is 0.489 e. The molecule has 2 aliphatic heterocycles. The van der Waals surface area contributed by atoms with Crippen LogP contribution in [-0.4, -0.2) is 88.9 Å². The average molecular weight is 769 g/mol. The number of carbonyl (C=O) groups is 1. The van der Waals surface area contributed by atoms with Crippen molar-refractivity contribution >= 4 is 55.1 Å². The summed E-state index contributed by atoms with van der Waals surface area (Å²) in [5, 5.41) is 9.92. The maximum atomic E-state index is 12.5. The number of benzene rings is 2. The quantitative estimate of drug-likeness (QED) is 0.102. The van der Waals surface area contributed by atoms with Crippen LogP contribution in [0.15, 0.2) is 64.6 Å². The first kappa shape index (κ1) is 41.7. The highest BCUT2D eigenvalue weighted by molar-refractivity contribution is 9.11. The first-order chi connectivity index (χ1) is 22.4. The van der Waals surface area contributed by atoms with Gasteiger partial charge in [-0.1, -0.05) is 50.8 Å². The van der Waals surface area contributed by atoms with E-state index in [0.717, 1.165) is 58.0 Å². The zero-order chi connectivity index (χ0) is 34.2. The highest BCUT2D eigenvalue weighted by atomic mass is 79.9. The third-order valence-electron chi connectivity index (χ3n) is 6.64. The van der Waals surface area contributed by atoms with Crippen LogP contribution in [0, 0.1) is 6.92 Å². The topological polar surface area (TPSA) is 89.5 Å². The molecule has 0 spiro atoms. The van der Waals surface area contributed by atoms with E-state index in [9.17, 15) is 4.79 Å². The summed E-state index contributed by atoms with van der Waals surface area (Å²) >= 11 is 7.19. The molecular weight excluding hydrogens is 716 g/mol. The molecule has 1 fully saturated rings. The van der Waals surface area contributed by atoms with Crippen LogP contribution in [0.4, 0.5) is 5.69 Å². The first-order valence-corrected chi connectivity index (χ1v) is 17.4. The molecule has 0 aromatic heterocycles. The molecule has 10 heteroatoms. The maximum absolute atomic E-state index is 12.5. The second-order valence-electron chi connectivity index (χ2n) is 9.93. The molecule has 0 radical (unpaired) electrons. The van der Waals surface area contributed by atoms with E-state index in [1.807, 2.05) is 57.2 Å². The molecule has 2 N–H and O–H groups in total. The van der Waals surface area contributed by atoms with E-state index in [4.69, 9.17) is 24.1 Å². The molecule has 0 atom stereocenters. The number of hydrogen-bond donors (Lipinski definition) is 2. The van der Waals surface area contributed by atoms with Gasteiger partial charge in [0.15, 0.2) is 0 Å². The second kappa shape index (κ2) is 25.7. The van der Waals surface area contributed by atoms with E-state index in [1.54, 1.807) is 12.2 Å². The van der Waals surface area contributed by atoms with Gasteiger partial charge in [0.05, 0.1) is 42.0 Å². The highest BCUT2D eigenvalue weighted by Crippen LogP contribution is 2.38. The van der Waals surface area contributed by atoms with E-state index in [2.05, 4.69) is 55.2 Å². The van der Waals surface area contributed by atoms with E-state index in [1.165, 1.54) is 25.9 Å². The molecule has 2 aromatic rings. The fourth-order valence-corrected chi connectivity index (χ4v) is 6.00. The van der Waals surface area contributed by atoms with Crippen LogP contribution in [0.25, 0.3) is 11.6 Å². The molecule has 8 nitrogen and oxygen atoms in total. The minimum atomic E-state index is -0.0975. The number of fused-ring (bicyclic) bond motifs is 1. The van der Waals surface area contributed by atoms with Crippen molar-refractivity contribution in [1.82, 2.24) is 4.90 Å². The SMILES string of the molecule is C=CC=C.CC.CO.Cc1ccc2c(c1)/C(=C/c1cc(Br)c(OCCOCCOCCOCCCN3CCCC3)c(Br)c1)C(=O)N2. The van der Waals surface area contributed by atoms with Crippen LogP contribution in [0.3, 0.4) is 0 Å². The Kier molecular flexibility index (Phi) is 23.3. The van der Waals surface area contributed by atoms with Gasteiger partial charge in [-0.15, -0.1) is 0 Å². The van der Waals surface area contributed by atoms with Crippen LogP contribution < -0.4 is 10.1 Å². The van der Waals surface area contributed by atoms with Gasteiger partial charge in [0.2, 0.25) is 0 Å². The van der Waals surface area contributed by atoms with Gasteiger partial charge in [-0.25, -0.2) is 0 Å². The van der Waals surface area contributed by atoms with Crippen LogP contribution >= 0.6 is 31.9 Å². The van der Waals surface area contributed by atoms with Crippen molar-refractivity contribution in [2.45, 2.75) is 40.0 Å². The van der Waals surface area contributed by atoms with Crippen LogP contribution in [-0.2, 0) is 19.0 Å². The van der Waals surface area contributed by atoms with Gasteiger partial charge in [-0.3, -0.25) is 4.79 Å². The summed E-state index contributed by atoms with van der Waals surface area (Å²) in [5.41, 5.74) is 4.41. The number of nitrogens with zero attached hydrogens (tertiary/aromatic N) is 1. The number of hydrogen-bond acceptors (Lipinski definition) is 7. The van der Waals surface area contributed by atoms with Crippen molar-refractivity contribution in [1.29, 1.82) is 0 Å². The second-order valence-corrected chi connectivity index (χ2v) is 11.6. The summed E-state index contributed by atoms with van der Waals surface area (Å²) in [6.45, 7) is 20.3. The Morgan fingerprint density at radius 2 is 1.41 bits per heavy atom. The molecule has 1 amide bonds. The minimum absolute atomic E-state index is 0.0975. The number of likely N-dealkylation sites (tertiary alicyclic amines) is 1. The van der Waals surface area contributed by atoms with Gasteiger partial charge in [0.1, 0.15) is 12.4 Å². The van der Waals surface area contributed by atoms with E-state index in [-0.39, 0.29) is 5.91 Å². The summed E-state index contributed by atoms with van der Waals surface area (Å²) in [7, 11) is 1.00. The van der Waals surface area contributed by atoms with Gasteiger partial charge in [-0.05, 0) is 107 Å². The van der Waals surface area contributed by atoms with Gasteiger partial charge in [0.25, 0.3) is 5.91 Å². The number of halogens is 2. The van der Waals surface area contributed by atoms with Gasteiger partial charge >= 0.3 is 0 Å². The van der Waals surface area contributed by atoms with E-state index < -0.39 is 0 Å². The molecule has 2 heterocycles. The lowest BCUT2D eigenvalue weighted by atomic mass is 10.0. The normalized spacial score (nSPS) is 14.2. The summed E-state index contributed by atoms with van der Waals surface area (Å²) in [6.07, 6.45) is 8.92. The number of ether oxygens (including phenoxy) is 4. The van der Waals surface area contributed by atoms with Gasteiger partial charge in [-0.2, -0.15) is 0 Å². The van der Waals surface area contributed by atoms with Crippen molar-refractivity contribution in [2.75, 3.05) is 78.3 Å². The summed E-state index contributed by atoms with van der Waals surface area (Å²) < 4.78 is 24.3. The number of anilines is 1. The predicted octanol–water partition coefficient (Wildman–Crippen LogP) is 7.92. The Morgan fingerprint density at radius 1 is 0.870 bits per heavy atom. The smallest absolute Gasteiger partial charge is 0.256 e. The first-order valence-electron chi connectivity index (χ1n) is 15.8. The van der Waals surface area contributed by atoms with E-state index >= 15 is 0 Å². The van der Waals surface area contributed by atoms with Crippen molar-refractivity contribution < 1.29 is 28.8 Å². The summed E-state index contributed by atoms with van der Waals surface area (Å²) in [4.78, 5) is 15.0. The van der Waals surface area contributed by atoms with Crippen molar-refractivity contribution in [3.63, 3.8) is 0 Å². The fourth-order valence-electron chi connectivity index (χ4n) is 4.55. The molecular formula is C36H52Br2N2O6. The lowest BCUT2D eigenvalue weighted by molar-refractivity contribution is -0.110. The van der Waals surface area contributed by atoms with Gasteiger partial charge in [0, 0.05) is 37.1 Å². The molecule has 0 saturated carbocycles. The molecule has 256 valence electrons. The number of carbonyl (C=O) groups excluding carboxylic acids is 1. The Morgan fingerprint density at radius 3 is 1.98 bits per heavy atom. The standard InChI is InChI=1S/C29H36Br2N2O5.C4H6.C2H6.CH4O/c1-21-5-6-27-23(17-21)24(29(34)32-27)18-22-19-25(30)28(26(31)20-22)38-16-15-37-14-13-36-12-11-35-10-4-9-33-7-2-3-8-33;1-3-4-2;2*1-2/h5-6,17-20H,2-4,7-16H2,1H3,(H,32,34);3-4H,1-2H2;1-2H3;2H,1H3/b24-18-;;;. The number of amides is 1. The lowest BCUT2D eigenvalue weighted by Gasteiger charge is -2.14. The zero-order valence-electron chi connectivity index (χ0n) is 27.9. The summed E-state index contributed by atoms with van der Waals surface area (Å²) in [6, 6.07) is 9.84. The third-order valence-corrected chi connectivity index (χ3v) is 7.81. The molecule has 1 saturated heterocycles. The highest BCUT2D eigenvalue weighted by Gasteiger charge is 2.24. The van der Waals surface area contributed by atoms with Crippen molar-refractivity contribution in [3.8, 4) is 5.75 Å².